The van der Waals surface area contributed by atoms with Crippen molar-refractivity contribution in [1.29, 1.82) is 0 Å². The fourth-order valence-electron chi connectivity index (χ4n) is 7.60. The lowest BCUT2D eigenvalue weighted by atomic mass is 9.79. The molecule has 5 heteroatoms. The van der Waals surface area contributed by atoms with Crippen LogP contribution in [0.15, 0.2) is 131 Å². The molecule has 0 spiro atoms. The number of aliphatic imine (C=N–C) groups is 2. The Morgan fingerprint density at radius 2 is 1.60 bits per heavy atom. The first-order chi connectivity index (χ1) is 20.8. The number of fused-ring (bicyclic) bond motifs is 15. The minimum Gasteiger partial charge on any atom is -0.316 e. The molecule has 4 unspecified atom stereocenters. The lowest BCUT2D eigenvalue weighted by Gasteiger charge is -2.34. The highest BCUT2D eigenvalue weighted by atomic mass is 15.3. The highest BCUT2D eigenvalue weighted by Gasteiger charge is 2.38. The van der Waals surface area contributed by atoms with Gasteiger partial charge in [0, 0.05) is 17.0 Å². The lowest BCUT2D eigenvalue weighted by molar-refractivity contribution is 0.525. The van der Waals surface area contributed by atoms with Gasteiger partial charge in [0.25, 0.3) is 0 Å². The minimum atomic E-state index is 0.0367. The summed E-state index contributed by atoms with van der Waals surface area (Å²) in [5.41, 5.74) is 9.34. The van der Waals surface area contributed by atoms with Gasteiger partial charge in [0.15, 0.2) is 0 Å². The van der Waals surface area contributed by atoms with E-state index in [-0.39, 0.29) is 24.0 Å². The van der Waals surface area contributed by atoms with Crippen LogP contribution in [-0.2, 0) is 0 Å². The van der Waals surface area contributed by atoms with Crippen molar-refractivity contribution in [2.45, 2.75) is 24.0 Å². The van der Waals surface area contributed by atoms with Crippen LogP contribution >= 0.6 is 0 Å². The fraction of sp³-hybridized carbons (Fsp3) is 0.108. The molecule has 2 aliphatic carbocycles. The second-order valence-electron chi connectivity index (χ2n) is 11.6. The molecule has 5 aliphatic rings. The molecule has 5 nitrogen and oxygen atoms in total. The van der Waals surface area contributed by atoms with Crippen molar-refractivity contribution in [3.8, 4) is 11.4 Å². The van der Waals surface area contributed by atoms with Crippen LogP contribution in [0, 0.1) is 0 Å². The van der Waals surface area contributed by atoms with Crippen molar-refractivity contribution in [2.24, 2.45) is 9.98 Å². The maximum atomic E-state index is 5.22. The number of aromatic nitrogens is 2. The molecule has 0 radical (unpaired) electrons. The van der Waals surface area contributed by atoms with Crippen LogP contribution in [0.3, 0.4) is 0 Å². The number of hydrogen-bond donors (Lipinski definition) is 0. The molecule has 42 heavy (non-hydrogen) atoms. The highest BCUT2D eigenvalue weighted by molar-refractivity contribution is 6.13. The lowest BCUT2D eigenvalue weighted by Crippen LogP contribution is -2.39. The number of benzene rings is 4. The summed E-state index contributed by atoms with van der Waals surface area (Å²) < 4.78 is 2.45. The number of imidazole rings is 1. The van der Waals surface area contributed by atoms with Crippen LogP contribution in [0.1, 0.15) is 28.7 Å². The second kappa shape index (κ2) is 8.14. The molecule has 0 N–H and O–H groups in total. The third-order valence-electron chi connectivity index (χ3n) is 9.46. The summed E-state index contributed by atoms with van der Waals surface area (Å²) in [5.74, 6) is 2.34. The molecule has 4 heterocycles. The molecule has 0 fully saturated rings. The molecule has 198 valence electrons. The van der Waals surface area contributed by atoms with E-state index in [9.17, 15) is 0 Å². The normalized spacial score (nSPS) is 24.0. The molecule has 3 aliphatic heterocycles. The van der Waals surface area contributed by atoms with Crippen molar-refractivity contribution in [3.63, 3.8) is 0 Å². The van der Waals surface area contributed by atoms with E-state index in [1.54, 1.807) is 0 Å². The highest BCUT2D eigenvalue weighted by Crippen LogP contribution is 2.50. The van der Waals surface area contributed by atoms with Crippen molar-refractivity contribution in [2.75, 3.05) is 0 Å². The fourth-order valence-corrected chi connectivity index (χ4v) is 7.60. The topological polar surface area (TPSA) is 45.8 Å². The van der Waals surface area contributed by atoms with Crippen molar-refractivity contribution in [1.82, 2.24) is 14.5 Å². The summed E-state index contributed by atoms with van der Waals surface area (Å²) in [5, 5.41) is 2.49. The van der Waals surface area contributed by atoms with Crippen molar-refractivity contribution < 1.29 is 0 Å². The predicted molar refractivity (Wildman–Crippen MR) is 170 cm³/mol. The molecule has 10 rings (SSSR count). The van der Waals surface area contributed by atoms with Crippen LogP contribution in [0.4, 0.5) is 5.69 Å². The number of rotatable bonds is 1. The quantitative estimate of drug-likeness (QED) is 0.219. The SMILES string of the molecule is C1=CC2c3ccc4c(C5=CC6N=C7c8ccccc8N=CN7C6C=C5)cccc4c3-c3nc4ccccc4n3C2C=C1. The Hall–Kier alpha value is -5.29. The first-order valence-electron chi connectivity index (χ1n) is 14.6. The molecule has 0 amide bonds. The zero-order valence-corrected chi connectivity index (χ0v) is 22.7. The van der Waals surface area contributed by atoms with Gasteiger partial charge < -0.3 is 9.47 Å². The zero-order valence-electron chi connectivity index (χ0n) is 22.7. The molecular formula is C37H25N5. The number of hydrogen-bond acceptors (Lipinski definition) is 4. The van der Waals surface area contributed by atoms with Crippen molar-refractivity contribution >= 4 is 45.2 Å². The van der Waals surface area contributed by atoms with Gasteiger partial charge in [0.1, 0.15) is 11.7 Å². The van der Waals surface area contributed by atoms with Gasteiger partial charge >= 0.3 is 0 Å². The van der Waals surface area contributed by atoms with Gasteiger partial charge in [-0.05, 0) is 57.8 Å². The molecule has 4 atom stereocenters. The maximum Gasteiger partial charge on any atom is 0.142 e. The standard InChI is InChI=1S/C37H25N5/c1-3-12-29-28(9-1)36-40-31-20-22(16-19-33(31)41(36)21-38-29)23-10-7-11-26-24(23)17-18-27-25-8-2-5-14-32(25)42-34-15-6-4-13-30(34)39-37(42)35(26)27/h1-21,25,31-33H. The smallest absolute Gasteiger partial charge is 0.142 e. The summed E-state index contributed by atoms with van der Waals surface area (Å²) in [6, 6.07) is 28.6. The van der Waals surface area contributed by atoms with E-state index in [2.05, 4.69) is 125 Å². The summed E-state index contributed by atoms with van der Waals surface area (Å²) in [6.07, 6.45) is 17.8. The third kappa shape index (κ3) is 2.90. The Kier molecular flexibility index (Phi) is 4.34. The number of allylic oxidation sites excluding steroid dienone is 6. The molecule has 5 aromatic rings. The summed E-state index contributed by atoms with van der Waals surface area (Å²) >= 11 is 0. The Morgan fingerprint density at radius 3 is 2.60 bits per heavy atom. The molecular weight excluding hydrogens is 514 g/mol. The van der Waals surface area contributed by atoms with Crippen LogP contribution in [0.2, 0.25) is 0 Å². The van der Waals surface area contributed by atoms with E-state index in [1.807, 2.05) is 12.4 Å². The van der Waals surface area contributed by atoms with E-state index in [1.165, 1.54) is 38.6 Å². The molecule has 0 bridgehead atoms. The summed E-state index contributed by atoms with van der Waals surface area (Å²) in [6.45, 7) is 0. The minimum absolute atomic E-state index is 0.0367. The molecule has 0 saturated carbocycles. The van der Waals surface area contributed by atoms with Crippen LogP contribution in [0.5, 0.6) is 0 Å². The van der Waals surface area contributed by atoms with Gasteiger partial charge in [-0.2, -0.15) is 0 Å². The molecule has 0 saturated heterocycles. The van der Waals surface area contributed by atoms with Gasteiger partial charge in [-0.25, -0.2) is 9.98 Å². The zero-order chi connectivity index (χ0) is 27.4. The van der Waals surface area contributed by atoms with Crippen molar-refractivity contribution in [3.05, 3.63) is 138 Å². The van der Waals surface area contributed by atoms with E-state index in [4.69, 9.17) is 15.0 Å². The Morgan fingerprint density at radius 1 is 0.714 bits per heavy atom. The number of para-hydroxylation sites is 3. The Bertz CT molecular complexity index is 2190. The van der Waals surface area contributed by atoms with Crippen LogP contribution in [-0.4, -0.2) is 38.7 Å². The van der Waals surface area contributed by atoms with Gasteiger partial charge in [-0.1, -0.05) is 91.1 Å². The average molecular weight is 540 g/mol. The van der Waals surface area contributed by atoms with Gasteiger partial charge in [0.2, 0.25) is 0 Å². The monoisotopic (exact) mass is 539 g/mol. The maximum absolute atomic E-state index is 5.22. The average Bonchev–Trinajstić information content (AvgIpc) is 3.63. The first-order valence-corrected chi connectivity index (χ1v) is 14.6. The van der Waals surface area contributed by atoms with Gasteiger partial charge in [0.05, 0.1) is 41.2 Å². The van der Waals surface area contributed by atoms with Gasteiger partial charge in [-0.15, -0.1) is 0 Å². The Labute approximate surface area is 242 Å². The van der Waals surface area contributed by atoms with E-state index < -0.39 is 0 Å². The number of nitrogens with zero attached hydrogens (tertiary/aromatic N) is 5. The van der Waals surface area contributed by atoms with E-state index >= 15 is 0 Å². The van der Waals surface area contributed by atoms with E-state index in [0.717, 1.165) is 28.4 Å². The van der Waals surface area contributed by atoms with E-state index in [0.29, 0.717) is 0 Å². The summed E-state index contributed by atoms with van der Waals surface area (Å²) in [4.78, 5) is 17.3. The second-order valence-corrected chi connectivity index (χ2v) is 11.6. The predicted octanol–water partition coefficient (Wildman–Crippen LogP) is 7.75. The molecule has 1 aromatic heterocycles. The van der Waals surface area contributed by atoms with Crippen LogP contribution < -0.4 is 0 Å². The van der Waals surface area contributed by atoms with Gasteiger partial charge in [-0.3, -0.25) is 4.99 Å². The largest absolute Gasteiger partial charge is 0.316 e. The number of amidine groups is 1. The van der Waals surface area contributed by atoms with Crippen LogP contribution in [0.25, 0.3) is 38.8 Å². The third-order valence-corrected chi connectivity index (χ3v) is 9.46. The Balaban J connectivity index is 1.15. The molecule has 4 aromatic carbocycles. The summed E-state index contributed by atoms with van der Waals surface area (Å²) in [7, 11) is 0. The first kappa shape index (κ1) is 22.4.